The maximum atomic E-state index is 9.18. The van der Waals surface area contributed by atoms with Gasteiger partial charge >= 0.3 is 0 Å². The number of hydrogen-bond acceptors (Lipinski definition) is 2. The van der Waals surface area contributed by atoms with E-state index in [9.17, 15) is 5.26 Å². The minimum atomic E-state index is -0.0390. The van der Waals surface area contributed by atoms with Gasteiger partial charge in [-0.1, -0.05) is 25.5 Å². The van der Waals surface area contributed by atoms with E-state index in [-0.39, 0.29) is 5.41 Å². The summed E-state index contributed by atoms with van der Waals surface area (Å²) < 4.78 is 6.51. The van der Waals surface area contributed by atoms with E-state index in [1.165, 1.54) is 33.4 Å². The minimum Gasteiger partial charge on any atom is -0.496 e. The van der Waals surface area contributed by atoms with Crippen molar-refractivity contribution >= 4 is 21.5 Å². The topological polar surface area (TPSA) is 33.0 Å². The fraction of sp³-hybridized carbons (Fsp3) is 0.286. The second kappa shape index (κ2) is 5.22. The number of benzene rings is 2. The highest BCUT2D eigenvalue weighted by Gasteiger charge is 2.39. The highest BCUT2D eigenvalue weighted by atomic mass is 79.9. The van der Waals surface area contributed by atoms with Crippen LogP contribution in [0.3, 0.4) is 0 Å². The largest absolute Gasteiger partial charge is 0.496 e. The molecule has 0 N–H and O–H groups in total. The van der Waals surface area contributed by atoms with Gasteiger partial charge in [0.25, 0.3) is 0 Å². The first-order chi connectivity index (χ1) is 11.5. The summed E-state index contributed by atoms with van der Waals surface area (Å²) in [5.41, 5.74) is 8.91. The monoisotopic (exact) mass is 379 g/mol. The van der Waals surface area contributed by atoms with Gasteiger partial charge in [0.2, 0.25) is 0 Å². The molecule has 0 bridgehead atoms. The van der Waals surface area contributed by atoms with Crippen LogP contribution in [0.1, 0.15) is 41.7 Å². The molecule has 4 rings (SSSR count). The van der Waals surface area contributed by atoms with Gasteiger partial charge in [-0.25, -0.2) is 0 Å². The summed E-state index contributed by atoms with van der Waals surface area (Å²) in [6.07, 6.45) is 1.88. The van der Waals surface area contributed by atoms with Crippen molar-refractivity contribution in [2.75, 3.05) is 7.11 Å². The van der Waals surface area contributed by atoms with Gasteiger partial charge in [-0.2, -0.15) is 5.26 Å². The molecule has 2 aliphatic carbocycles. The SMILES string of the molecule is COc1cc2c(cc1Br)CC1=C(Cc3cc(C#N)ccc31)C2(C)C. The molecule has 2 aromatic rings. The van der Waals surface area contributed by atoms with E-state index < -0.39 is 0 Å². The van der Waals surface area contributed by atoms with Crippen LogP contribution in [0.5, 0.6) is 5.75 Å². The smallest absolute Gasteiger partial charge is 0.133 e. The number of methoxy groups -OCH3 is 1. The Morgan fingerprint density at radius 2 is 1.92 bits per heavy atom. The molecule has 0 spiro atoms. The highest BCUT2D eigenvalue weighted by molar-refractivity contribution is 9.10. The van der Waals surface area contributed by atoms with Gasteiger partial charge in [-0.3, -0.25) is 0 Å². The van der Waals surface area contributed by atoms with E-state index in [0.717, 1.165) is 28.6 Å². The third-order valence-electron chi connectivity index (χ3n) is 5.46. The molecule has 0 amide bonds. The van der Waals surface area contributed by atoms with Crippen LogP contribution < -0.4 is 4.74 Å². The van der Waals surface area contributed by atoms with Gasteiger partial charge in [0.1, 0.15) is 5.75 Å². The van der Waals surface area contributed by atoms with Crippen molar-refractivity contribution in [2.45, 2.75) is 32.1 Å². The first-order valence-corrected chi connectivity index (χ1v) is 8.87. The van der Waals surface area contributed by atoms with Crippen molar-refractivity contribution < 1.29 is 4.74 Å². The van der Waals surface area contributed by atoms with E-state index in [2.05, 4.69) is 54.0 Å². The molecule has 0 fully saturated rings. The number of nitrogens with zero attached hydrogens (tertiary/aromatic N) is 1. The Balaban J connectivity index is 1.88. The number of fused-ring (bicyclic) bond motifs is 3. The Labute approximate surface area is 150 Å². The predicted octanol–water partition coefficient (Wildman–Crippen LogP) is 5.17. The summed E-state index contributed by atoms with van der Waals surface area (Å²) in [5.74, 6) is 0.883. The van der Waals surface area contributed by atoms with Crippen LogP contribution in [0.15, 0.2) is 40.4 Å². The first-order valence-electron chi connectivity index (χ1n) is 8.08. The van der Waals surface area contributed by atoms with Gasteiger partial charge in [-0.05, 0) is 80.9 Å². The van der Waals surface area contributed by atoms with Gasteiger partial charge in [0.05, 0.1) is 23.2 Å². The van der Waals surface area contributed by atoms with Crippen molar-refractivity contribution in [2.24, 2.45) is 0 Å². The summed E-state index contributed by atoms with van der Waals surface area (Å²) in [5, 5.41) is 9.18. The van der Waals surface area contributed by atoms with E-state index in [4.69, 9.17) is 4.74 Å². The maximum Gasteiger partial charge on any atom is 0.133 e. The summed E-state index contributed by atoms with van der Waals surface area (Å²) >= 11 is 3.62. The molecule has 0 aliphatic heterocycles. The summed E-state index contributed by atoms with van der Waals surface area (Å²) in [4.78, 5) is 0. The van der Waals surface area contributed by atoms with Crippen molar-refractivity contribution in [3.63, 3.8) is 0 Å². The third kappa shape index (κ3) is 2.06. The molecule has 0 saturated heterocycles. The summed E-state index contributed by atoms with van der Waals surface area (Å²) in [7, 11) is 1.71. The van der Waals surface area contributed by atoms with Gasteiger partial charge in [0.15, 0.2) is 0 Å². The lowest BCUT2D eigenvalue weighted by atomic mass is 9.69. The average molecular weight is 380 g/mol. The molecule has 2 aliphatic rings. The lowest BCUT2D eigenvalue weighted by molar-refractivity contribution is 0.410. The Bertz CT molecular complexity index is 947. The van der Waals surface area contributed by atoms with Crippen LogP contribution >= 0.6 is 15.9 Å². The molecule has 2 aromatic carbocycles. The number of nitriles is 1. The third-order valence-corrected chi connectivity index (χ3v) is 6.08. The Morgan fingerprint density at radius 3 is 2.62 bits per heavy atom. The zero-order valence-corrected chi connectivity index (χ0v) is 15.6. The van der Waals surface area contributed by atoms with Gasteiger partial charge < -0.3 is 4.74 Å². The molecular formula is C21H18BrNO. The van der Waals surface area contributed by atoms with Crippen LogP contribution in [0, 0.1) is 11.3 Å². The number of allylic oxidation sites excluding steroid dienone is 2. The zero-order chi connectivity index (χ0) is 17.1. The van der Waals surface area contributed by atoms with Crippen molar-refractivity contribution in [3.8, 4) is 11.8 Å². The Hall–Kier alpha value is -2.05. The van der Waals surface area contributed by atoms with Crippen molar-refractivity contribution in [1.82, 2.24) is 0 Å². The lowest BCUT2D eigenvalue weighted by Crippen LogP contribution is -2.27. The van der Waals surface area contributed by atoms with Crippen molar-refractivity contribution in [3.05, 3.63) is 68.2 Å². The molecule has 0 unspecified atom stereocenters. The van der Waals surface area contributed by atoms with Gasteiger partial charge in [0, 0.05) is 5.41 Å². The normalized spacial score (nSPS) is 17.0. The summed E-state index contributed by atoms with van der Waals surface area (Å²) in [6.45, 7) is 4.59. The minimum absolute atomic E-state index is 0.0390. The highest BCUT2D eigenvalue weighted by Crippen LogP contribution is 2.51. The second-order valence-corrected chi connectivity index (χ2v) is 7.92. The number of rotatable bonds is 1. The maximum absolute atomic E-state index is 9.18. The molecule has 0 radical (unpaired) electrons. The molecule has 120 valence electrons. The molecule has 0 aromatic heterocycles. The zero-order valence-electron chi connectivity index (χ0n) is 14.0. The first kappa shape index (κ1) is 15.5. The van der Waals surface area contributed by atoms with E-state index in [0.29, 0.717) is 0 Å². The second-order valence-electron chi connectivity index (χ2n) is 7.06. The lowest BCUT2D eigenvalue weighted by Gasteiger charge is -2.35. The number of ether oxygens (including phenoxy) is 1. The predicted molar refractivity (Wildman–Crippen MR) is 99.2 cm³/mol. The van der Waals surface area contributed by atoms with Crippen molar-refractivity contribution in [1.29, 1.82) is 5.26 Å². The quantitative estimate of drug-likeness (QED) is 0.684. The fourth-order valence-corrected chi connectivity index (χ4v) is 4.75. The molecule has 0 atom stereocenters. The van der Waals surface area contributed by atoms with E-state index in [1.54, 1.807) is 7.11 Å². The Morgan fingerprint density at radius 1 is 1.12 bits per heavy atom. The summed E-state index contributed by atoms with van der Waals surface area (Å²) in [6, 6.07) is 12.7. The van der Waals surface area contributed by atoms with Crippen LogP contribution in [-0.4, -0.2) is 7.11 Å². The van der Waals surface area contributed by atoms with Crippen LogP contribution in [0.2, 0.25) is 0 Å². The molecule has 0 heterocycles. The molecule has 2 nitrogen and oxygen atoms in total. The van der Waals surface area contributed by atoms with Gasteiger partial charge in [-0.15, -0.1) is 0 Å². The number of halogens is 1. The van der Waals surface area contributed by atoms with Crippen LogP contribution in [-0.2, 0) is 18.3 Å². The van der Waals surface area contributed by atoms with Crippen LogP contribution in [0.25, 0.3) is 5.57 Å². The average Bonchev–Trinajstić information content (AvgIpc) is 2.93. The number of hydrogen-bond donors (Lipinski definition) is 0. The fourth-order valence-electron chi connectivity index (χ4n) is 4.20. The molecular weight excluding hydrogens is 362 g/mol. The molecule has 24 heavy (non-hydrogen) atoms. The van der Waals surface area contributed by atoms with E-state index in [1.807, 2.05) is 12.1 Å². The Kier molecular flexibility index (Phi) is 3.37. The standard InChI is InChI=1S/C21H18BrNO/c1-21(2)17-10-20(24-3)19(22)9-14(17)7-16-15-5-4-12(11-23)6-13(15)8-18(16)21/h4-6,9-10H,7-8H2,1-3H3. The molecule has 0 saturated carbocycles. The van der Waals surface area contributed by atoms with E-state index >= 15 is 0 Å². The molecule has 3 heteroatoms. The van der Waals surface area contributed by atoms with Crippen LogP contribution in [0.4, 0.5) is 0 Å².